The Bertz CT molecular complexity index is 742. The van der Waals surface area contributed by atoms with Gasteiger partial charge in [0.05, 0.1) is 5.70 Å². The second kappa shape index (κ2) is 6.65. The molecule has 122 valence electrons. The van der Waals surface area contributed by atoms with Crippen LogP contribution in [0.3, 0.4) is 0 Å². The number of ketones is 1. The molecule has 2 heterocycles. The standard InChI is InChI=1S/C17H21BF2N2O/c1-10-8-12(3)21-16(10)15(7-6-14(5)23)17-11(2)9-13(4)22(17)18(19)20/h8-9H,6-7H2,1-5H3/b16-15-. The number of rotatable bonds is 5. The van der Waals surface area contributed by atoms with E-state index in [4.69, 9.17) is 0 Å². The Hall–Kier alpha value is -1.98. The summed E-state index contributed by atoms with van der Waals surface area (Å²) in [6, 6.07) is 1.75. The topological polar surface area (TPSA) is 34.4 Å². The first-order valence-corrected chi connectivity index (χ1v) is 7.65. The molecule has 23 heavy (non-hydrogen) atoms. The normalized spacial score (nSPS) is 16.3. The van der Waals surface area contributed by atoms with E-state index in [0.29, 0.717) is 29.9 Å². The van der Waals surface area contributed by atoms with E-state index in [-0.39, 0.29) is 5.78 Å². The first kappa shape index (κ1) is 17.4. The number of carbonyl (C=O) groups is 1. The van der Waals surface area contributed by atoms with Crippen LogP contribution in [-0.4, -0.2) is 23.4 Å². The van der Waals surface area contributed by atoms with Gasteiger partial charge in [0.2, 0.25) is 0 Å². The summed E-state index contributed by atoms with van der Waals surface area (Å²) >= 11 is 0. The maximum Gasteiger partial charge on any atom is 0.677 e. The first-order valence-electron chi connectivity index (χ1n) is 7.65. The minimum absolute atomic E-state index is 0.0351. The van der Waals surface area contributed by atoms with Gasteiger partial charge in [-0.15, -0.1) is 0 Å². The zero-order valence-corrected chi connectivity index (χ0v) is 14.2. The van der Waals surface area contributed by atoms with Crippen molar-refractivity contribution in [3.8, 4) is 0 Å². The second-order valence-electron chi connectivity index (χ2n) is 6.07. The maximum absolute atomic E-state index is 13.5. The Morgan fingerprint density at radius 2 is 1.87 bits per heavy atom. The fraction of sp³-hybridized carbons (Fsp3) is 0.412. The lowest BCUT2D eigenvalue weighted by molar-refractivity contribution is -0.116. The monoisotopic (exact) mass is 318 g/mol. The van der Waals surface area contributed by atoms with Crippen molar-refractivity contribution in [2.75, 3.05) is 0 Å². The SMILES string of the molecule is CC(=O)CC/C(=C1/N=C(C)C=C1C)c1c(C)cc(C)n1B(F)F. The van der Waals surface area contributed by atoms with Gasteiger partial charge in [0.1, 0.15) is 5.78 Å². The van der Waals surface area contributed by atoms with Crippen molar-refractivity contribution < 1.29 is 13.4 Å². The van der Waals surface area contributed by atoms with Crippen LogP contribution in [0.2, 0.25) is 0 Å². The average Bonchev–Trinajstić information content (AvgIpc) is 2.89. The van der Waals surface area contributed by atoms with Crippen molar-refractivity contribution in [2.45, 2.75) is 47.5 Å². The van der Waals surface area contributed by atoms with Gasteiger partial charge in [-0.05, 0) is 64.3 Å². The Morgan fingerprint density at radius 1 is 1.22 bits per heavy atom. The highest BCUT2D eigenvalue weighted by Gasteiger charge is 2.28. The number of hydrogen-bond donors (Lipinski definition) is 0. The van der Waals surface area contributed by atoms with Crippen LogP contribution in [0.5, 0.6) is 0 Å². The van der Waals surface area contributed by atoms with Gasteiger partial charge in [0, 0.05) is 29.1 Å². The second-order valence-corrected chi connectivity index (χ2v) is 6.07. The molecule has 0 aliphatic carbocycles. The highest BCUT2D eigenvalue weighted by molar-refractivity contribution is 6.41. The van der Waals surface area contributed by atoms with E-state index < -0.39 is 7.40 Å². The summed E-state index contributed by atoms with van der Waals surface area (Å²) in [6.45, 7) is 8.80. The fourth-order valence-corrected chi connectivity index (χ4v) is 3.09. The molecule has 1 aliphatic rings. The lowest BCUT2D eigenvalue weighted by atomic mass is 9.96. The smallest absolute Gasteiger partial charge is 0.329 e. The van der Waals surface area contributed by atoms with Crippen LogP contribution in [0.4, 0.5) is 8.63 Å². The van der Waals surface area contributed by atoms with Crippen LogP contribution in [-0.2, 0) is 4.79 Å². The number of Topliss-reactive ketones (excluding diaryl/α,β-unsaturated/α-hetero) is 1. The van der Waals surface area contributed by atoms with E-state index in [1.165, 1.54) is 6.92 Å². The molecule has 0 saturated heterocycles. The molecule has 0 atom stereocenters. The van der Waals surface area contributed by atoms with Crippen molar-refractivity contribution in [1.82, 2.24) is 4.48 Å². The molecule has 0 aromatic carbocycles. The van der Waals surface area contributed by atoms with Gasteiger partial charge in [-0.25, -0.2) is 0 Å². The molecule has 0 saturated carbocycles. The van der Waals surface area contributed by atoms with Crippen LogP contribution in [0.1, 0.15) is 50.6 Å². The van der Waals surface area contributed by atoms with Crippen LogP contribution >= 0.6 is 0 Å². The maximum atomic E-state index is 13.5. The molecule has 1 aromatic heterocycles. The van der Waals surface area contributed by atoms with E-state index >= 15 is 0 Å². The number of halogens is 2. The molecule has 2 rings (SSSR count). The molecule has 1 aromatic rings. The van der Waals surface area contributed by atoms with Crippen LogP contribution in [0.25, 0.3) is 5.57 Å². The molecule has 0 unspecified atom stereocenters. The fourth-order valence-electron chi connectivity index (χ4n) is 3.09. The minimum atomic E-state index is -2.62. The van der Waals surface area contributed by atoms with Crippen molar-refractivity contribution >= 4 is 24.5 Å². The number of carbonyl (C=O) groups excluding carboxylic acids is 1. The van der Waals surface area contributed by atoms with E-state index in [1.54, 1.807) is 13.0 Å². The third kappa shape index (κ3) is 3.51. The van der Waals surface area contributed by atoms with Gasteiger partial charge >= 0.3 is 7.40 Å². The Morgan fingerprint density at radius 3 is 2.35 bits per heavy atom. The summed E-state index contributed by atoms with van der Waals surface area (Å²) in [6.07, 6.45) is 2.65. The van der Waals surface area contributed by atoms with Gasteiger partial charge in [-0.2, -0.15) is 0 Å². The highest BCUT2D eigenvalue weighted by atomic mass is 19.2. The van der Waals surface area contributed by atoms with Crippen molar-refractivity contribution in [1.29, 1.82) is 0 Å². The molecule has 0 bridgehead atoms. The Kier molecular flexibility index (Phi) is 5.02. The van der Waals surface area contributed by atoms with Gasteiger partial charge in [0.25, 0.3) is 0 Å². The summed E-state index contributed by atoms with van der Waals surface area (Å²) in [4.78, 5) is 15.9. The molecule has 0 amide bonds. The van der Waals surface area contributed by atoms with Crippen LogP contribution < -0.4 is 0 Å². The lowest BCUT2D eigenvalue weighted by Gasteiger charge is -2.15. The van der Waals surface area contributed by atoms with Crippen molar-refractivity contribution in [3.05, 3.63) is 40.4 Å². The third-order valence-electron chi connectivity index (χ3n) is 4.00. The molecule has 0 radical (unpaired) electrons. The van der Waals surface area contributed by atoms with Crippen LogP contribution in [0, 0.1) is 13.8 Å². The number of aryl methyl sites for hydroxylation is 2. The molecule has 6 heteroatoms. The van der Waals surface area contributed by atoms with E-state index in [2.05, 4.69) is 4.99 Å². The van der Waals surface area contributed by atoms with Gasteiger partial charge in [-0.3, -0.25) is 13.6 Å². The molecule has 0 spiro atoms. The zero-order valence-electron chi connectivity index (χ0n) is 14.2. The predicted molar refractivity (Wildman–Crippen MR) is 91.0 cm³/mol. The van der Waals surface area contributed by atoms with Crippen LogP contribution in [0.15, 0.2) is 28.4 Å². The number of aromatic nitrogens is 1. The summed E-state index contributed by atoms with van der Waals surface area (Å²) in [7, 11) is -2.62. The van der Waals surface area contributed by atoms with E-state index in [9.17, 15) is 13.4 Å². The molecular weight excluding hydrogens is 297 g/mol. The van der Waals surface area contributed by atoms with Gasteiger partial charge in [0.15, 0.2) is 0 Å². The lowest BCUT2D eigenvalue weighted by Crippen LogP contribution is -2.18. The average molecular weight is 318 g/mol. The van der Waals surface area contributed by atoms with Crippen molar-refractivity contribution in [2.24, 2.45) is 4.99 Å². The number of allylic oxidation sites excluding steroid dienone is 3. The number of aliphatic imine (C=N–C) groups is 1. The highest BCUT2D eigenvalue weighted by Crippen LogP contribution is 2.35. The molecule has 0 N–H and O–H groups in total. The Labute approximate surface area is 136 Å². The van der Waals surface area contributed by atoms with Gasteiger partial charge in [-0.1, -0.05) is 0 Å². The first-order chi connectivity index (χ1) is 10.7. The minimum Gasteiger partial charge on any atom is -0.329 e. The van der Waals surface area contributed by atoms with E-state index in [1.807, 2.05) is 26.8 Å². The largest absolute Gasteiger partial charge is 0.677 e. The number of nitrogens with zero attached hydrogens (tertiary/aromatic N) is 2. The summed E-state index contributed by atoms with van der Waals surface area (Å²) < 4.78 is 28.1. The summed E-state index contributed by atoms with van der Waals surface area (Å²) in [5, 5.41) is 0. The molecule has 1 aliphatic heterocycles. The van der Waals surface area contributed by atoms with E-state index in [0.717, 1.165) is 26.9 Å². The van der Waals surface area contributed by atoms with Crippen molar-refractivity contribution in [3.63, 3.8) is 0 Å². The Balaban J connectivity index is 2.68. The summed E-state index contributed by atoms with van der Waals surface area (Å²) in [5.41, 5.74) is 5.00. The third-order valence-corrected chi connectivity index (χ3v) is 4.00. The molecule has 3 nitrogen and oxygen atoms in total. The predicted octanol–water partition coefficient (Wildman–Crippen LogP) is 4.38. The molecular formula is C17H21BF2N2O. The van der Waals surface area contributed by atoms with Gasteiger partial charge < -0.3 is 9.27 Å². The molecule has 0 fully saturated rings. The zero-order chi connectivity index (χ0) is 17.3. The number of hydrogen-bond acceptors (Lipinski definition) is 2. The quantitative estimate of drug-likeness (QED) is 0.742. The summed E-state index contributed by atoms with van der Waals surface area (Å²) in [5.74, 6) is 0.0351.